The Morgan fingerprint density at radius 2 is 2.06 bits per heavy atom. The Morgan fingerprint density at radius 3 is 2.97 bits per heavy atom. The molecule has 3 aliphatic heterocycles. The van der Waals surface area contributed by atoms with E-state index in [0.29, 0.717) is 36.8 Å². The summed E-state index contributed by atoms with van der Waals surface area (Å²) >= 11 is 0. The molecule has 6 rings (SSSR count). The number of ether oxygens (including phenoxy) is 1. The SMILES string of the molecule is COCCn1cc(CC(=O)N2CCCC3=C[C@@H]4C[C@@H](CN5CCCCC45)C32)c2ccccc21. The van der Waals surface area contributed by atoms with Gasteiger partial charge < -0.3 is 14.2 Å². The number of methoxy groups -OCH3 is 1. The maximum Gasteiger partial charge on any atom is 0.227 e. The Kier molecular flexibility index (Phi) is 5.79. The Bertz CT molecular complexity index is 1060. The fourth-order valence-electron chi connectivity index (χ4n) is 7.36. The summed E-state index contributed by atoms with van der Waals surface area (Å²) in [5.74, 6) is 1.63. The first kappa shape index (κ1) is 21.4. The van der Waals surface area contributed by atoms with Gasteiger partial charge in [0, 0.05) is 49.9 Å². The summed E-state index contributed by atoms with van der Waals surface area (Å²) in [7, 11) is 1.74. The highest BCUT2D eigenvalue weighted by molar-refractivity contribution is 5.89. The lowest BCUT2D eigenvalue weighted by atomic mass is 9.68. The van der Waals surface area contributed by atoms with E-state index in [0.717, 1.165) is 31.1 Å². The maximum absolute atomic E-state index is 13.8. The zero-order valence-electron chi connectivity index (χ0n) is 19.9. The molecular formula is C28H37N3O2. The number of hydrogen-bond donors (Lipinski definition) is 0. The minimum absolute atomic E-state index is 0.305. The molecular weight excluding hydrogens is 410 g/mol. The molecule has 1 aromatic heterocycles. The van der Waals surface area contributed by atoms with Crippen molar-refractivity contribution >= 4 is 16.8 Å². The van der Waals surface area contributed by atoms with E-state index >= 15 is 0 Å². The van der Waals surface area contributed by atoms with Crippen LogP contribution in [0.1, 0.15) is 44.1 Å². The number of piperidine rings is 3. The molecule has 5 heteroatoms. The Balaban J connectivity index is 1.26. The summed E-state index contributed by atoms with van der Waals surface area (Å²) < 4.78 is 7.55. The van der Waals surface area contributed by atoms with Crippen LogP contribution in [-0.4, -0.2) is 65.7 Å². The number of para-hydroxylation sites is 1. The van der Waals surface area contributed by atoms with Gasteiger partial charge in [-0.25, -0.2) is 0 Å². The van der Waals surface area contributed by atoms with E-state index in [-0.39, 0.29) is 0 Å². The quantitative estimate of drug-likeness (QED) is 0.643. The number of hydrogen-bond acceptors (Lipinski definition) is 3. The zero-order chi connectivity index (χ0) is 22.4. The van der Waals surface area contributed by atoms with Gasteiger partial charge in [0.2, 0.25) is 5.91 Å². The van der Waals surface area contributed by atoms with Crippen LogP contribution in [0, 0.1) is 11.8 Å². The van der Waals surface area contributed by atoms with E-state index in [9.17, 15) is 4.79 Å². The second-order valence-corrected chi connectivity index (χ2v) is 10.6. The van der Waals surface area contributed by atoms with Crippen LogP contribution in [-0.2, 0) is 22.5 Å². The Morgan fingerprint density at radius 1 is 1.15 bits per heavy atom. The van der Waals surface area contributed by atoms with Gasteiger partial charge in [0.25, 0.3) is 0 Å². The fourth-order valence-corrected chi connectivity index (χ4v) is 7.36. The maximum atomic E-state index is 13.8. The van der Waals surface area contributed by atoms with Gasteiger partial charge in [-0.15, -0.1) is 0 Å². The molecule has 1 amide bonds. The molecule has 0 saturated carbocycles. The number of benzene rings is 1. The molecule has 3 fully saturated rings. The standard InChI is InChI=1S/C28H37N3O2/c1-33-14-13-30-18-22(24-8-2-3-10-26(24)30)17-27(32)31-12-6-7-20-15-21-16-23(28(20)31)19-29-11-5-4-9-25(21)29/h2-3,8,10,15,18,21,23,25,28H,4-7,9,11-14,16-17,19H2,1H3/t21-,23+,25?,28?/m1/s1. The molecule has 0 radical (unpaired) electrons. The highest BCUT2D eigenvalue weighted by Crippen LogP contribution is 2.45. The third-order valence-electron chi connectivity index (χ3n) is 8.73. The van der Waals surface area contributed by atoms with E-state index in [2.05, 4.69) is 50.9 Å². The highest BCUT2D eigenvalue weighted by Gasteiger charge is 2.46. The lowest BCUT2D eigenvalue weighted by Crippen LogP contribution is -2.60. The summed E-state index contributed by atoms with van der Waals surface area (Å²) in [6, 6.07) is 9.55. The van der Waals surface area contributed by atoms with Crippen molar-refractivity contribution in [1.82, 2.24) is 14.4 Å². The van der Waals surface area contributed by atoms with Gasteiger partial charge in [0.05, 0.1) is 19.1 Å². The van der Waals surface area contributed by atoms with Crippen molar-refractivity contribution in [2.24, 2.45) is 11.8 Å². The first-order valence-corrected chi connectivity index (χ1v) is 13.0. The van der Waals surface area contributed by atoms with Crippen LogP contribution in [0.2, 0.25) is 0 Å². The number of amides is 1. The Labute approximate surface area is 197 Å². The number of fused-ring (bicyclic) bond motifs is 7. The normalized spacial score (nSPS) is 29.5. The van der Waals surface area contributed by atoms with E-state index in [1.54, 1.807) is 12.7 Å². The van der Waals surface area contributed by atoms with Gasteiger partial charge in [-0.3, -0.25) is 9.69 Å². The fraction of sp³-hybridized carbons (Fsp3) is 0.607. The molecule has 3 saturated heterocycles. The minimum Gasteiger partial charge on any atom is -0.383 e. The second-order valence-electron chi connectivity index (χ2n) is 10.6. The molecule has 1 aliphatic carbocycles. The van der Waals surface area contributed by atoms with E-state index in [1.165, 1.54) is 56.1 Å². The van der Waals surface area contributed by atoms with Gasteiger partial charge >= 0.3 is 0 Å². The third-order valence-corrected chi connectivity index (χ3v) is 8.73. The summed E-state index contributed by atoms with van der Waals surface area (Å²) in [6.07, 6.45) is 12.9. The lowest BCUT2D eigenvalue weighted by molar-refractivity contribution is -0.135. The topological polar surface area (TPSA) is 37.7 Å². The summed E-state index contributed by atoms with van der Waals surface area (Å²) in [5.41, 5.74) is 3.92. The van der Waals surface area contributed by atoms with Crippen molar-refractivity contribution in [3.8, 4) is 0 Å². The van der Waals surface area contributed by atoms with Gasteiger partial charge in [-0.05, 0) is 62.1 Å². The van der Waals surface area contributed by atoms with Crippen molar-refractivity contribution in [1.29, 1.82) is 0 Å². The number of carbonyl (C=O) groups is 1. The minimum atomic E-state index is 0.305. The molecule has 1 aromatic carbocycles. The molecule has 0 N–H and O–H groups in total. The first-order valence-electron chi connectivity index (χ1n) is 13.0. The highest BCUT2D eigenvalue weighted by atomic mass is 16.5. The van der Waals surface area contributed by atoms with Crippen LogP contribution < -0.4 is 0 Å². The second kappa shape index (κ2) is 8.92. The summed E-state index contributed by atoms with van der Waals surface area (Å²) in [5, 5.41) is 1.20. The van der Waals surface area contributed by atoms with Gasteiger partial charge in [-0.1, -0.05) is 36.3 Å². The summed E-state index contributed by atoms with van der Waals surface area (Å²) in [6.45, 7) is 4.83. The largest absolute Gasteiger partial charge is 0.383 e. The molecule has 5 nitrogen and oxygen atoms in total. The molecule has 2 unspecified atom stereocenters. The van der Waals surface area contributed by atoms with Crippen molar-refractivity contribution in [2.75, 3.05) is 33.4 Å². The summed E-state index contributed by atoms with van der Waals surface area (Å²) in [4.78, 5) is 18.8. The Hall–Kier alpha value is -2.11. The van der Waals surface area contributed by atoms with Gasteiger partial charge in [0.1, 0.15) is 0 Å². The number of carbonyl (C=O) groups excluding carboxylic acids is 1. The van der Waals surface area contributed by atoms with E-state index < -0.39 is 0 Å². The first-order chi connectivity index (χ1) is 16.2. The zero-order valence-corrected chi connectivity index (χ0v) is 19.9. The number of likely N-dealkylation sites (tertiary alicyclic amines) is 1. The third kappa shape index (κ3) is 3.83. The van der Waals surface area contributed by atoms with Crippen LogP contribution >= 0.6 is 0 Å². The molecule has 176 valence electrons. The lowest BCUT2D eigenvalue weighted by Gasteiger charge is -2.54. The molecule has 2 bridgehead atoms. The molecule has 0 spiro atoms. The smallest absolute Gasteiger partial charge is 0.227 e. The van der Waals surface area contributed by atoms with Crippen molar-refractivity contribution in [3.63, 3.8) is 0 Å². The van der Waals surface area contributed by atoms with Crippen molar-refractivity contribution in [2.45, 2.75) is 63.6 Å². The number of aromatic nitrogens is 1. The van der Waals surface area contributed by atoms with Crippen LogP contribution in [0.4, 0.5) is 0 Å². The monoisotopic (exact) mass is 447 g/mol. The molecule has 4 heterocycles. The predicted molar refractivity (Wildman–Crippen MR) is 131 cm³/mol. The number of rotatable bonds is 5. The van der Waals surface area contributed by atoms with Crippen LogP contribution in [0.25, 0.3) is 10.9 Å². The van der Waals surface area contributed by atoms with Crippen LogP contribution in [0.15, 0.2) is 42.1 Å². The van der Waals surface area contributed by atoms with Crippen LogP contribution in [0.5, 0.6) is 0 Å². The van der Waals surface area contributed by atoms with Gasteiger partial charge in [-0.2, -0.15) is 0 Å². The van der Waals surface area contributed by atoms with Gasteiger partial charge in [0.15, 0.2) is 0 Å². The molecule has 33 heavy (non-hydrogen) atoms. The average Bonchev–Trinajstić information content (AvgIpc) is 3.19. The van der Waals surface area contributed by atoms with Crippen molar-refractivity contribution in [3.05, 3.63) is 47.7 Å². The van der Waals surface area contributed by atoms with Crippen molar-refractivity contribution < 1.29 is 9.53 Å². The molecule has 4 aliphatic rings. The van der Waals surface area contributed by atoms with E-state index in [1.807, 2.05) is 0 Å². The molecule has 2 aromatic rings. The van der Waals surface area contributed by atoms with Crippen LogP contribution in [0.3, 0.4) is 0 Å². The average molecular weight is 448 g/mol. The number of nitrogens with zero attached hydrogens (tertiary/aromatic N) is 3. The van der Waals surface area contributed by atoms with E-state index in [4.69, 9.17) is 4.74 Å². The predicted octanol–water partition coefficient (Wildman–Crippen LogP) is 4.25. The molecule has 4 atom stereocenters.